The van der Waals surface area contributed by atoms with Crippen LogP contribution in [0.2, 0.25) is 0 Å². The average molecular weight is 477 g/mol. The predicted molar refractivity (Wildman–Crippen MR) is 121 cm³/mol. The molecule has 3 aromatic rings. The van der Waals surface area contributed by atoms with E-state index >= 15 is 0 Å². The molecule has 0 atom stereocenters. The Morgan fingerprint density at radius 2 is 1.94 bits per heavy atom. The number of nitrogens with zero attached hydrogens (tertiary/aromatic N) is 3. The quantitative estimate of drug-likeness (QED) is 0.560. The Hall–Kier alpha value is -2.76. The van der Waals surface area contributed by atoms with Gasteiger partial charge in [0.05, 0.1) is 9.77 Å². The lowest BCUT2D eigenvalue weighted by atomic mass is 9.96. The fourth-order valence-electron chi connectivity index (χ4n) is 3.85. The van der Waals surface area contributed by atoms with E-state index in [1.54, 1.807) is 13.1 Å². The van der Waals surface area contributed by atoms with Crippen molar-refractivity contribution in [1.29, 1.82) is 0 Å². The molecule has 1 saturated carbocycles. The number of carbonyl (C=O) groups is 1. The molecule has 9 nitrogen and oxygen atoms in total. The van der Waals surface area contributed by atoms with Crippen LogP contribution in [0.25, 0.3) is 10.7 Å². The highest BCUT2D eigenvalue weighted by atomic mass is 32.2. The van der Waals surface area contributed by atoms with Crippen LogP contribution in [0.3, 0.4) is 0 Å². The topological polar surface area (TPSA) is 115 Å². The number of thiophene rings is 1. The number of carbonyl (C=O) groups excluding carboxylic acids is 1. The van der Waals surface area contributed by atoms with Crippen molar-refractivity contribution in [2.24, 2.45) is 0 Å². The number of amides is 1. The molecule has 0 unspecified atom stereocenters. The van der Waals surface area contributed by atoms with Crippen molar-refractivity contribution in [2.75, 3.05) is 12.4 Å². The Balaban J connectivity index is 1.44. The molecule has 1 amide bonds. The van der Waals surface area contributed by atoms with E-state index < -0.39 is 21.7 Å². The first kappa shape index (κ1) is 22.4. The Kier molecular flexibility index (Phi) is 6.58. The summed E-state index contributed by atoms with van der Waals surface area (Å²) in [7, 11) is -1.98. The maximum atomic E-state index is 12.9. The van der Waals surface area contributed by atoms with Crippen LogP contribution in [0.1, 0.15) is 32.1 Å². The monoisotopic (exact) mass is 476 g/mol. The Morgan fingerprint density at radius 3 is 2.59 bits per heavy atom. The van der Waals surface area contributed by atoms with Gasteiger partial charge in [-0.25, -0.2) is 17.8 Å². The number of rotatable bonds is 7. The van der Waals surface area contributed by atoms with Gasteiger partial charge in [0.25, 0.3) is 0 Å². The molecule has 1 N–H and O–H groups in total. The third kappa shape index (κ3) is 4.69. The number of sulfonamides is 1. The van der Waals surface area contributed by atoms with Crippen molar-refractivity contribution < 1.29 is 17.7 Å². The first-order chi connectivity index (χ1) is 15.4. The minimum Gasteiger partial charge on any atom is -0.325 e. The average Bonchev–Trinajstić information content (AvgIpc) is 3.44. The van der Waals surface area contributed by atoms with Crippen molar-refractivity contribution in [2.45, 2.75) is 49.6 Å². The van der Waals surface area contributed by atoms with Crippen LogP contribution in [0.5, 0.6) is 0 Å². The molecule has 11 heteroatoms. The van der Waals surface area contributed by atoms with Crippen LogP contribution < -0.4 is 11.1 Å². The van der Waals surface area contributed by atoms with Crippen LogP contribution >= 0.6 is 11.3 Å². The molecule has 0 spiro atoms. The summed E-state index contributed by atoms with van der Waals surface area (Å²) < 4.78 is 33.2. The first-order valence-electron chi connectivity index (χ1n) is 10.3. The van der Waals surface area contributed by atoms with Crippen LogP contribution in [-0.4, -0.2) is 41.4 Å². The molecule has 2 aromatic heterocycles. The minimum absolute atomic E-state index is 0.0209. The Morgan fingerprint density at radius 1 is 1.22 bits per heavy atom. The van der Waals surface area contributed by atoms with Crippen molar-refractivity contribution in [1.82, 2.24) is 14.0 Å². The van der Waals surface area contributed by atoms with Crippen molar-refractivity contribution in [3.8, 4) is 10.7 Å². The second-order valence-corrected chi connectivity index (χ2v) is 10.7. The highest BCUT2D eigenvalue weighted by Crippen LogP contribution is 2.27. The first-order valence-corrected chi connectivity index (χ1v) is 12.7. The fraction of sp³-hybridized carbons (Fsp3) is 0.381. The summed E-state index contributed by atoms with van der Waals surface area (Å²) in [4.78, 5) is 25.3. The standard InChI is InChI=1S/C21H24N4O5S2/c1-24(16-6-3-2-4-7-16)32(28,29)17-11-9-15(10-12-17)22-19(26)14-25-20(23-30-21(25)27)18-8-5-13-31-18/h5,8-13,16H,2-4,6-7,14H2,1H3,(H,22,26). The summed E-state index contributed by atoms with van der Waals surface area (Å²) in [6, 6.07) is 9.64. The van der Waals surface area contributed by atoms with Gasteiger partial charge in [0.1, 0.15) is 6.54 Å². The van der Waals surface area contributed by atoms with E-state index in [-0.39, 0.29) is 23.3 Å². The van der Waals surface area contributed by atoms with Gasteiger partial charge in [-0.2, -0.15) is 4.31 Å². The lowest BCUT2D eigenvalue weighted by molar-refractivity contribution is -0.116. The molecule has 1 aromatic carbocycles. The summed E-state index contributed by atoms with van der Waals surface area (Å²) in [6.07, 6.45) is 4.98. The summed E-state index contributed by atoms with van der Waals surface area (Å²) >= 11 is 1.38. The molecule has 1 aliphatic carbocycles. The summed E-state index contributed by atoms with van der Waals surface area (Å²) in [5, 5.41) is 8.26. The summed E-state index contributed by atoms with van der Waals surface area (Å²) in [5.74, 6) is -0.897. The van der Waals surface area contributed by atoms with Gasteiger partial charge < -0.3 is 5.32 Å². The normalized spacial score (nSPS) is 15.2. The zero-order valence-corrected chi connectivity index (χ0v) is 19.2. The number of benzene rings is 1. The van der Waals surface area contributed by atoms with E-state index in [4.69, 9.17) is 4.52 Å². The maximum absolute atomic E-state index is 12.9. The van der Waals surface area contributed by atoms with Crippen molar-refractivity contribution in [3.63, 3.8) is 0 Å². The van der Waals surface area contributed by atoms with Gasteiger partial charge in [0, 0.05) is 18.8 Å². The lowest BCUT2D eigenvalue weighted by Gasteiger charge is -2.30. The maximum Gasteiger partial charge on any atom is 0.442 e. The third-order valence-corrected chi connectivity index (χ3v) is 8.42. The Bertz CT molecular complexity index is 1220. The molecular formula is C21H24N4O5S2. The van der Waals surface area contributed by atoms with Gasteiger partial charge in [0.15, 0.2) is 5.82 Å². The van der Waals surface area contributed by atoms with E-state index in [1.807, 2.05) is 11.4 Å². The van der Waals surface area contributed by atoms with E-state index in [2.05, 4.69) is 10.5 Å². The summed E-state index contributed by atoms with van der Waals surface area (Å²) in [6.45, 7) is -0.278. The van der Waals surface area contributed by atoms with E-state index in [0.717, 1.165) is 36.7 Å². The van der Waals surface area contributed by atoms with Crippen LogP contribution in [0.15, 0.2) is 56.0 Å². The highest BCUT2D eigenvalue weighted by molar-refractivity contribution is 7.89. The molecule has 32 heavy (non-hydrogen) atoms. The zero-order chi connectivity index (χ0) is 22.7. The van der Waals surface area contributed by atoms with Crippen molar-refractivity contribution in [3.05, 3.63) is 52.3 Å². The molecule has 0 radical (unpaired) electrons. The number of aromatic nitrogens is 2. The van der Waals surface area contributed by atoms with Gasteiger partial charge in [-0.1, -0.05) is 30.5 Å². The van der Waals surface area contributed by atoms with E-state index in [9.17, 15) is 18.0 Å². The second-order valence-electron chi connectivity index (χ2n) is 7.72. The molecule has 170 valence electrons. The van der Waals surface area contributed by atoms with Gasteiger partial charge in [0.2, 0.25) is 15.9 Å². The highest BCUT2D eigenvalue weighted by Gasteiger charge is 2.29. The van der Waals surface area contributed by atoms with Gasteiger partial charge >= 0.3 is 5.76 Å². The molecular weight excluding hydrogens is 452 g/mol. The Labute approximate surface area is 189 Å². The third-order valence-electron chi connectivity index (χ3n) is 5.63. The van der Waals surface area contributed by atoms with Crippen LogP contribution in [0, 0.1) is 0 Å². The number of hydrogen-bond donors (Lipinski definition) is 1. The molecule has 0 saturated heterocycles. The van der Waals surface area contributed by atoms with E-state index in [1.165, 1.54) is 39.9 Å². The number of hydrogen-bond acceptors (Lipinski definition) is 7. The van der Waals surface area contributed by atoms with Crippen molar-refractivity contribution >= 4 is 33.0 Å². The molecule has 1 fully saturated rings. The molecule has 1 aliphatic rings. The SMILES string of the molecule is CN(C1CCCCC1)S(=O)(=O)c1ccc(NC(=O)Cn2c(-c3cccs3)noc2=O)cc1. The molecule has 0 bridgehead atoms. The molecule has 0 aliphatic heterocycles. The second kappa shape index (κ2) is 9.39. The van der Waals surface area contributed by atoms with E-state index in [0.29, 0.717) is 10.6 Å². The largest absolute Gasteiger partial charge is 0.442 e. The van der Waals surface area contributed by atoms with Gasteiger partial charge in [-0.3, -0.25) is 9.32 Å². The predicted octanol–water partition coefficient (Wildman–Crippen LogP) is 3.16. The van der Waals surface area contributed by atoms with Gasteiger partial charge in [-0.05, 0) is 48.6 Å². The van der Waals surface area contributed by atoms with Crippen LogP contribution in [0.4, 0.5) is 5.69 Å². The number of nitrogens with one attached hydrogen (secondary N) is 1. The number of anilines is 1. The molecule has 4 rings (SSSR count). The zero-order valence-electron chi connectivity index (χ0n) is 17.6. The fourth-order valence-corrected chi connectivity index (χ4v) is 5.98. The van der Waals surface area contributed by atoms with Gasteiger partial charge in [-0.15, -0.1) is 11.3 Å². The smallest absolute Gasteiger partial charge is 0.325 e. The van der Waals surface area contributed by atoms with Crippen LogP contribution in [-0.2, 0) is 21.4 Å². The lowest BCUT2D eigenvalue weighted by Crippen LogP contribution is -2.38. The summed E-state index contributed by atoms with van der Waals surface area (Å²) in [5.41, 5.74) is 0.427. The molecule has 2 heterocycles. The minimum atomic E-state index is -3.61.